The lowest BCUT2D eigenvalue weighted by atomic mass is 9.85. The first-order valence-electron chi connectivity index (χ1n) is 5.51. The molecule has 1 amide bonds. The van der Waals surface area contributed by atoms with E-state index in [1.807, 2.05) is 0 Å². The highest BCUT2D eigenvalue weighted by Gasteiger charge is 2.25. The van der Waals surface area contributed by atoms with Crippen LogP contribution in [0.2, 0.25) is 0 Å². The minimum atomic E-state index is 0.0641. The van der Waals surface area contributed by atoms with Crippen LogP contribution in [0.3, 0.4) is 0 Å². The molecule has 1 saturated heterocycles. The van der Waals surface area contributed by atoms with Gasteiger partial charge in [-0.05, 0) is 32.2 Å². The Morgan fingerprint density at radius 2 is 2.21 bits per heavy atom. The Kier molecular flexibility index (Phi) is 3.37. The number of carbonyl (C=O) groups excluding carboxylic acids is 1. The van der Waals surface area contributed by atoms with E-state index in [0.29, 0.717) is 12.6 Å². The van der Waals surface area contributed by atoms with Crippen molar-refractivity contribution < 1.29 is 9.63 Å². The van der Waals surface area contributed by atoms with Crippen molar-refractivity contribution in [3.05, 3.63) is 0 Å². The second-order valence-electron chi connectivity index (χ2n) is 4.20. The summed E-state index contributed by atoms with van der Waals surface area (Å²) >= 11 is 0. The van der Waals surface area contributed by atoms with E-state index in [2.05, 4.69) is 10.8 Å². The fourth-order valence-electron chi connectivity index (χ4n) is 1.87. The third-order valence-electron chi connectivity index (χ3n) is 3.10. The second kappa shape index (κ2) is 4.75. The van der Waals surface area contributed by atoms with Crippen molar-refractivity contribution in [1.82, 2.24) is 10.8 Å². The predicted octanol–water partition coefficient (Wildman–Crippen LogP) is 0.586. The van der Waals surface area contributed by atoms with E-state index in [9.17, 15) is 4.79 Å². The first-order chi connectivity index (χ1) is 6.86. The summed E-state index contributed by atoms with van der Waals surface area (Å²) < 4.78 is 0. The first-order valence-corrected chi connectivity index (χ1v) is 5.51. The van der Waals surface area contributed by atoms with Crippen LogP contribution in [-0.4, -0.2) is 25.1 Å². The van der Waals surface area contributed by atoms with E-state index in [0.717, 1.165) is 25.8 Å². The molecule has 0 aromatic heterocycles. The van der Waals surface area contributed by atoms with E-state index in [-0.39, 0.29) is 11.8 Å². The second-order valence-corrected chi connectivity index (χ2v) is 4.20. The fourth-order valence-corrected chi connectivity index (χ4v) is 1.87. The SMILES string of the molecule is O=C(NOCC1CCCN1)C1CCC1. The summed E-state index contributed by atoms with van der Waals surface area (Å²) in [5.74, 6) is 0.279. The molecule has 1 aliphatic carbocycles. The molecule has 4 nitrogen and oxygen atoms in total. The predicted molar refractivity (Wildman–Crippen MR) is 52.5 cm³/mol. The highest BCUT2D eigenvalue weighted by molar-refractivity contribution is 5.78. The largest absolute Gasteiger partial charge is 0.312 e. The van der Waals surface area contributed by atoms with Crippen LogP contribution in [0, 0.1) is 5.92 Å². The molecule has 14 heavy (non-hydrogen) atoms. The molecule has 2 fully saturated rings. The Balaban J connectivity index is 1.55. The zero-order chi connectivity index (χ0) is 9.80. The van der Waals surface area contributed by atoms with E-state index < -0.39 is 0 Å². The zero-order valence-corrected chi connectivity index (χ0v) is 8.42. The van der Waals surface area contributed by atoms with Gasteiger partial charge < -0.3 is 5.32 Å². The van der Waals surface area contributed by atoms with Gasteiger partial charge >= 0.3 is 0 Å². The van der Waals surface area contributed by atoms with Gasteiger partial charge in [0, 0.05) is 12.0 Å². The number of nitrogens with one attached hydrogen (secondary N) is 2. The summed E-state index contributed by atoms with van der Waals surface area (Å²) in [5, 5.41) is 3.31. The number of carbonyl (C=O) groups is 1. The maximum atomic E-state index is 11.3. The number of amides is 1. The van der Waals surface area contributed by atoms with Crippen LogP contribution in [-0.2, 0) is 9.63 Å². The van der Waals surface area contributed by atoms with Crippen molar-refractivity contribution in [3.8, 4) is 0 Å². The van der Waals surface area contributed by atoms with E-state index >= 15 is 0 Å². The lowest BCUT2D eigenvalue weighted by Gasteiger charge is -2.24. The lowest BCUT2D eigenvalue weighted by Crippen LogP contribution is -2.37. The third-order valence-corrected chi connectivity index (χ3v) is 3.10. The van der Waals surface area contributed by atoms with Crippen LogP contribution in [0.4, 0.5) is 0 Å². The maximum absolute atomic E-state index is 11.3. The minimum absolute atomic E-state index is 0.0641. The van der Waals surface area contributed by atoms with E-state index in [1.165, 1.54) is 12.8 Å². The molecule has 1 aliphatic heterocycles. The number of hydrogen-bond donors (Lipinski definition) is 2. The Labute approximate surface area is 84.3 Å². The maximum Gasteiger partial charge on any atom is 0.246 e. The summed E-state index contributed by atoms with van der Waals surface area (Å²) in [5.41, 5.74) is 2.53. The van der Waals surface area contributed by atoms with Gasteiger partial charge in [0.25, 0.3) is 0 Å². The topological polar surface area (TPSA) is 50.4 Å². The Morgan fingerprint density at radius 1 is 1.36 bits per heavy atom. The molecule has 1 saturated carbocycles. The summed E-state index contributed by atoms with van der Waals surface area (Å²) in [6.07, 6.45) is 5.60. The Hall–Kier alpha value is -0.610. The number of rotatable bonds is 4. The van der Waals surface area contributed by atoms with Gasteiger partial charge in [0.2, 0.25) is 5.91 Å². The standard InChI is InChI=1S/C10H18N2O2/c13-10(8-3-1-4-8)12-14-7-9-5-2-6-11-9/h8-9,11H,1-7H2,(H,12,13). The fraction of sp³-hybridized carbons (Fsp3) is 0.900. The van der Waals surface area contributed by atoms with Crippen molar-refractivity contribution in [2.45, 2.75) is 38.1 Å². The van der Waals surface area contributed by atoms with Gasteiger partial charge in [-0.2, -0.15) is 0 Å². The van der Waals surface area contributed by atoms with Gasteiger partial charge in [-0.1, -0.05) is 6.42 Å². The van der Waals surface area contributed by atoms with Crippen molar-refractivity contribution >= 4 is 5.91 Å². The van der Waals surface area contributed by atoms with Crippen LogP contribution >= 0.6 is 0 Å². The minimum Gasteiger partial charge on any atom is -0.312 e. The monoisotopic (exact) mass is 198 g/mol. The summed E-state index contributed by atoms with van der Waals surface area (Å²) in [7, 11) is 0. The Bertz CT molecular complexity index is 198. The molecule has 1 atom stereocenters. The molecular formula is C10H18N2O2. The molecule has 0 bridgehead atoms. The van der Waals surface area contributed by atoms with Gasteiger partial charge in [0.05, 0.1) is 6.61 Å². The molecule has 1 heterocycles. The van der Waals surface area contributed by atoms with Crippen molar-refractivity contribution in [2.75, 3.05) is 13.2 Å². The number of hydrogen-bond acceptors (Lipinski definition) is 3. The van der Waals surface area contributed by atoms with Crippen LogP contribution < -0.4 is 10.8 Å². The third kappa shape index (κ3) is 2.45. The van der Waals surface area contributed by atoms with E-state index in [1.54, 1.807) is 0 Å². The molecule has 1 unspecified atom stereocenters. The highest BCUT2D eigenvalue weighted by atomic mass is 16.7. The normalized spacial score (nSPS) is 27.3. The van der Waals surface area contributed by atoms with E-state index in [4.69, 9.17) is 4.84 Å². The highest BCUT2D eigenvalue weighted by Crippen LogP contribution is 2.26. The molecule has 2 aliphatic rings. The van der Waals surface area contributed by atoms with Crippen molar-refractivity contribution in [3.63, 3.8) is 0 Å². The van der Waals surface area contributed by atoms with Crippen molar-refractivity contribution in [1.29, 1.82) is 0 Å². The molecule has 0 aromatic rings. The molecular weight excluding hydrogens is 180 g/mol. The van der Waals surface area contributed by atoms with Gasteiger partial charge in [0.15, 0.2) is 0 Å². The lowest BCUT2D eigenvalue weighted by molar-refractivity contribution is -0.140. The molecule has 2 rings (SSSR count). The smallest absolute Gasteiger partial charge is 0.246 e. The molecule has 0 aromatic carbocycles. The summed E-state index contributed by atoms with van der Waals surface area (Å²) in [6, 6.07) is 0.427. The molecule has 0 radical (unpaired) electrons. The average Bonchev–Trinajstić information content (AvgIpc) is 2.53. The van der Waals surface area contributed by atoms with Gasteiger partial charge in [0.1, 0.15) is 0 Å². The molecule has 0 spiro atoms. The summed E-state index contributed by atoms with van der Waals surface area (Å²) in [4.78, 5) is 16.5. The Morgan fingerprint density at radius 3 is 2.79 bits per heavy atom. The first kappa shape index (κ1) is 9.93. The van der Waals surface area contributed by atoms with Crippen LogP contribution in [0.25, 0.3) is 0 Å². The van der Waals surface area contributed by atoms with Gasteiger partial charge in [-0.15, -0.1) is 0 Å². The van der Waals surface area contributed by atoms with Gasteiger partial charge in [-0.25, -0.2) is 5.48 Å². The van der Waals surface area contributed by atoms with Crippen LogP contribution in [0.15, 0.2) is 0 Å². The van der Waals surface area contributed by atoms with Crippen molar-refractivity contribution in [2.24, 2.45) is 5.92 Å². The molecule has 80 valence electrons. The van der Waals surface area contributed by atoms with Gasteiger partial charge in [-0.3, -0.25) is 9.63 Å². The summed E-state index contributed by atoms with van der Waals surface area (Å²) in [6.45, 7) is 1.67. The quantitative estimate of drug-likeness (QED) is 0.650. The molecule has 2 N–H and O–H groups in total. The van der Waals surface area contributed by atoms with Crippen LogP contribution in [0.1, 0.15) is 32.1 Å². The van der Waals surface area contributed by atoms with Crippen LogP contribution in [0.5, 0.6) is 0 Å². The molecule has 4 heteroatoms. The number of hydroxylamine groups is 1. The average molecular weight is 198 g/mol. The zero-order valence-electron chi connectivity index (χ0n) is 8.42.